The number of hydrogen-bond acceptors (Lipinski definition) is 0. The van der Waals surface area contributed by atoms with E-state index >= 15 is 0 Å². The monoisotopic (exact) mass is 356 g/mol. The van der Waals surface area contributed by atoms with Crippen molar-refractivity contribution in [1.29, 1.82) is 0 Å². The summed E-state index contributed by atoms with van der Waals surface area (Å²) in [6.45, 7) is 4.73. The Hall–Kier alpha value is -0.440. The molecule has 0 bridgehead atoms. The van der Waals surface area contributed by atoms with Gasteiger partial charge >= 0.3 is 0 Å². The average molecular weight is 357 g/mol. The van der Waals surface area contributed by atoms with Crippen molar-refractivity contribution in [1.82, 2.24) is 0 Å². The third-order valence-electron chi connectivity index (χ3n) is 8.05. The van der Waals surface area contributed by atoms with Crippen molar-refractivity contribution < 1.29 is 0 Å². The van der Waals surface area contributed by atoms with Gasteiger partial charge in [-0.05, 0) is 87.9 Å². The Morgan fingerprint density at radius 3 is 1.65 bits per heavy atom. The normalized spacial score (nSPS) is 38.4. The van der Waals surface area contributed by atoms with Crippen LogP contribution in [-0.2, 0) is 0 Å². The zero-order chi connectivity index (χ0) is 18.2. The first-order valence-corrected chi connectivity index (χ1v) is 12.3. The van der Waals surface area contributed by atoms with Crippen molar-refractivity contribution in [2.45, 2.75) is 117 Å². The van der Waals surface area contributed by atoms with Crippen LogP contribution in [0.2, 0.25) is 0 Å². The van der Waals surface area contributed by atoms with Crippen LogP contribution in [0.3, 0.4) is 0 Å². The summed E-state index contributed by atoms with van der Waals surface area (Å²) in [5, 5.41) is 0. The lowest BCUT2D eigenvalue weighted by molar-refractivity contribution is 0.153. The highest BCUT2D eigenvalue weighted by molar-refractivity contribution is 5.09. The minimum atomic E-state index is 0.729. The highest BCUT2D eigenvalue weighted by Gasteiger charge is 2.30. The quantitative estimate of drug-likeness (QED) is 0.345. The zero-order valence-electron chi connectivity index (χ0n) is 17.8. The second-order valence-electron chi connectivity index (χ2n) is 10.1. The number of unbranched alkanes of at least 4 members (excludes halogenated alkanes) is 2. The molecular formula is C26H44. The smallest absolute Gasteiger partial charge is 0.0203 e. The van der Waals surface area contributed by atoms with Gasteiger partial charge in [-0.3, -0.25) is 0 Å². The fourth-order valence-corrected chi connectivity index (χ4v) is 6.01. The van der Waals surface area contributed by atoms with E-state index in [9.17, 15) is 0 Å². The largest absolute Gasteiger partial charge is 0.0996 e. The van der Waals surface area contributed by atoms with Gasteiger partial charge in [0, 0.05) is 11.8 Å². The van der Waals surface area contributed by atoms with Crippen LogP contribution < -0.4 is 0 Å². The van der Waals surface area contributed by atoms with Gasteiger partial charge in [0.25, 0.3) is 0 Å². The van der Waals surface area contributed by atoms with E-state index in [4.69, 9.17) is 0 Å². The van der Waals surface area contributed by atoms with Gasteiger partial charge in [-0.1, -0.05) is 64.2 Å². The van der Waals surface area contributed by atoms with Gasteiger partial charge in [-0.2, -0.15) is 0 Å². The zero-order valence-corrected chi connectivity index (χ0v) is 17.8. The van der Waals surface area contributed by atoms with Crippen molar-refractivity contribution in [2.24, 2.45) is 35.5 Å². The lowest BCUT2D eigenvalue weighted by atomic mass is 9.68. The minimum Gasteiger partial charge on any atom is -0.0996 e. The van der Waals surface area contributed by atoms with E-state index in [0.717, 1.165) is 35.5 Å². The molecule has 0 amide bonds. The van der Waals surface area contributed by atoms with Crippen LogP contribution in [0.5, 0.6) is 0 Å². The molecule has 0 aromatic rings. The molecule has 3 aliphatic rings. The molecule has 26 heavy (non-hydrogen) atoms. The first-order chi connectivity index (χ1) is 12.7. The first kappa shape index (κ1) is 20.3. The predicted molar refractivity (Wildman–Crippen MR) is 114 cm³/mol. The third kappa shape index (κ3) is 6.32. The molecule has 0 radical (unpaired) electrons. The highest BCUT2D eigenvalue weighted by Crippen LogP contribution is 2.42. The molecule has 0 N–H and O–H groups in total. The topological polar surface area (TPSA) is 0 Å². The summed E-state index contributed by atoms with van der Waals surface area (Å²) in [5.74, 6) is 13.0. The fourth-order valence-electron chi connectivity index (χ4n) is 6.01. The first-order valence-electron chi connectivity index (χ1n) is 12.3. The van der Waals surface area contributed by atoms with Crippen molar-refractivity contribution in [3.8, 4) is 11.8 Å². The molecule has 3 fully saturated rings. The molecule has 0 heteroatoms. The summed E-state index contributed by atoms with van der Waals surface area (Å²) < 4.78 is 0. The van der Waals surface area contributed by atoms with Crippen molar-refractivity contribution in [3.63, 3.8) is 0 Å². The maximum absolute atomic E-state index is 3.72. The standard InChI is InChI=1S/C26H44/c1-3-4-5-6-22-13-17-25(18-14-22)26-19-15-24(16-20-26)12-11-23-9-7-21(2)8-10-23/h21-26H,3-10,13-20H2,1-2H3. The maximum Gasteiger partial charge on any atom is 0.0203 e. The van der Waals surface area contributed by atoms with Crippen molar-refractivity contribution >= 4 is 0 Å². The van der Waals surface area contributed by atoms with Crippen LogP contribution in [0.25, 0.3) is 0 Å². The van der Waals surface area contributed by atoms with E-state index in [1.165, 1.54) is 103 Å². The Morgan fingerprint density at radius 1 is 0.615 bits per heavy atom. The summed E-state index contributed by atoms with van der Waals surface area (Å²) in [6.07, 6.45) is 23.3. The van der Waals surface area contributed by atoms with Crippen LogP contribution in [0.4, 0.5) is 0 Å². The highest BCUT2D eigenvalue weighted by atomic mass is 14.4. The van der Waals surface area contributed by atoms with E-state index < -0.39 is 0 Å². The van der Waals surface area contributed by atoms with E-state index in [0.29, 0.717) is 0 Å². The SMILES string of the molecule is CCCCCC1CCC(C2CCC(C#CC3CCC(C)CC3)CC2)CC1. The molecule has 0 atom stereocenters. The maximum atomic E-state index is 3.72. The molecule has 0 aromatic carbocycles. The molecule has 0 saturated heterocycles. The molecule has 0 nitrogen and oxygen atoms in total. The van der Waals surface area contributed by atoms with E-state index in [2.05, 4.69) is 25.7 Å². The second-order valence-corrected chi connectivity index (χ2v) is 10.1. The van der Waals surface area contributed by atoms with Gasteiger partial charge in [-0.25, -0.2) is 0 Å². The molecule has 0 aliphatic heterocycles. The van der Waals surface area contributed by atoms with E-state index in [1.807, 2.05) is 0 Å². The molecule has 0 aromatic heterocycles. The molecule has 0 unspecified atom stereocenters. The Morgan fingerprint density at radius 2 is 1.12 bits per heavy atom. The van der Waals surface area contributed by atoms with Crippen LogP contribution in [0, 0.1) is 47.3 Å². The fraction of sp³-hybridized carbons (Fsp3) is 0.923. The Kier molecular flexibility index (Phi) is 8.42. The Balaban J connectivity index is 1.33. The molecule has 148 valence electrons. The van der Waals surface area contributed by atoms with E-state index in [1.54, 1.807) is 0 Å². The molecule has 0 spiro atoms. The number of rotatable bonds is 5. The van der Waals surface area contributed by atoms with E-state index in [-0.39, 0.29) is 0 Å². The summed E-state index contributed by atoms with van der Waals surface area (Å²) >= 11 is 0. The molecular weight excluding hydrogens is 312 g/mol. The summed E-state index contributed by atoms with van der Waals surface area (Å²) in [5.41, 5.74) is 0. The summed E-state index contributed by atoms with van der Waals surface area (Å²) in [4.78, 5) is 0. The second kappa shape index (κ2) is 10.8. The molecule has 3 saturated carbocycles. The summed E-state index contributed by atoms with van der Waals surface area (Å²) in [6, 6.07) is 0. The van der Waals surface area contributed by atoms with Crippen molar-refractivity contribution in [2.75, 3.05) is 0 Å². The van der Waals surface area contributed by atoms with Gasteiger partial charge < -0.3 is 0 Å². The Bertz CT molecular complexity index is 428. The van der Waals surface area contributed by atoms with Crippen molar-refractivity contribution in [3.05, 3.63) is 0 Å². The van der Waals surface area contributed by atoms with Crippen LogP contribution in [-0.4, -0.2) is 0 Å². The molecule has 3 aliphatic carbocycles. The molecule has 3 rings (SSSR count). The van der Waals surface area contributed by atoms with Gasteiger partial charge in [0.1, 0.15) is 0 Å². The molecule has 0 heterocycles. The van der Waals surface area contributed by atoms with Gasteiger partial charge in [0.05, 0.1) is 0 Å². The summed E-state index contributed by atoms with van der Waals surface area (Å²) in [7, 11) is 0. The van der Waals surface area contributed by atoms with Crippen LogP contribution in [0.15, 0.2) is 0 Å². The van der Waals surface area contributed by atoms with Crippen LogP contribution in [0.1, 0.15) is 117 Å². The number of hydrogen-bond donors (Lipinski definition) is 0. The van der Waals surface area contributed by atoms with Gasteiger partial charge in [0.2, 0.25) is 0 Å². The average Bonchev–Trinajstić information content (AvgIpc) is 2.69. The van der Waals surface area contributed by atoms with Crippen LogP contribution >= 0.6 is 0 Å². The lowest BCUT2D eigenvalue weighted by Crippen LogP contribution is -2.25. The van der Waals surface area contributed by atoms with Gasteiger partial charge in [-0.15, -0.1) is 0 Å². The Labute approximate surface area is 164 Å². The van der Waals surface area contributed by atoms with Gasteiger partial charge in [0.15, 0.2) is 0 Å². The third-order valence-corrected chi connectivity index (χ3v) is 8.05. The predicted octanol–water partition coefficient (Wildman–Crippen LogP) is 8.01. The minimum absolute atomic E-state index is 0.729. The lowest BCUT2D eigenvalue weighted by Gasteiger charge is -2.37.